The lowest BCUT2D eigenvalue weighted by Crippen LogP contribution is -2.52. The molecule has 2 aliphatic heterocycles. The average Bonchev–Trinajstić information content (AvgIpc) is 3.11. The van der Waals surface area contributed by atoms with E-state index in [2.05, 4.69) is 24.1 Å². The van der Waals surface area contributed by atoms with Crippen molar-refractivity contribution in [1.82, 2.24) is 10.2 Å². The Kier molecular flexibility index (Phi) is 5.69. The number of hydrogen-bond acceptors (Lipinski definition) is 4. The van der Waals surface area contributed by atoms with Gasteiger partial charge in [0.1, 0.15) is 0 Å². The zero-order valence-corrected chi connectivity index (χ0v) is 16.6. The van der Waals surface area contributed by atoms with E-state index in [1.54, 1.807) is 0 Å². The van der Waals surface area contributed by atoms with Gasteiger partial charge in [-0.15, -0.1) is 0 Å². The van der Waals surface area contributed by atoms with E-state index in [0.29, 0.717) is 24.1 Å². The number of rotatable bonds is 3. The van der Waals surface area contributed by atoms with E-state index in [1.165, 1.54) is 25.7 Å². The minimum atomic E-state index is -2.82. The standard InChI is InChI=1S/C17H31N3O2S2/c1-17(2)13-20(8-9-23-17)16(19-15-5-3-4-6-15)18-11-14-7-10-24(21,22)12-14/h14-15H,3-13H2,1-2H3,(H,18,19). The maximum Gasteiger partial charge on any atom is 0.194 e. The lowest BCUT2D eigenvalue weighted by atomic mass is 10.1. The second-order valence-corrected chi connectivity index (χ2v) is 12.1. The lowest BCUT2D eigenvalue weighted by molar-refractivity contribution is 0.367. The molecule has 0 radical (unpaired) electrons. The van der Waals surface area contributed by atoms with E-state index in [4.69, 9.17) is 4.99 Å². The Morgan fingerprint density at radius 1 is 1.29 bits per heavy atom. The molecule has 24 heavy (non-hydrogen) atoms. The summed E-state index contributed by atoms with van der Waals surface area (Å²) in [6, 6.07) is 0.536. The second kappa shape index (κ2) is 7.44. The zero-order chi connectivity index (χ0) is 17.2. The van der Waals surface area contributed by atoms with Gasteiger partial charge in [-0.25, -0.2) is 8.42 Å². The highest BCUT2D eigenvalue weighted by Crippen LogP contribution is 2.30. The molecule has 1 unspecified atom stereocenters. The van der Waals surface area contributed by atoms with Gasteiger partial charge in [-0.2, -0.15) is 11.8 Å². The first kappa shape index (κ1) is 18.4. The van der Waals surface area contributed by atoms with Gasteiger partial charge in [0.25, 0.3) is 0 Å². The van der Waals surface area contributed by atoms with Crippen molar-refractivity contribution in [3.8, 4) is 0 Å². The number of nitrogens with zero attached hydrogens (tertiary/aromatic N) is 2. The molecule has 2 heterocycles. The fourth-order valence-corrected chi connectivity index (χ4v) is 6.88. The number of sulfone groups is 1. The average molecular weight is 374 g/mol. The number of hydrogen-bond donors (Lipinski definition) is 1. The molecule has 0 aromatic rings. The lowest BCUT2D eigenvalue weighted by Gasteiger charge is -2.40. The van der Waals surface area contributed by atoms with Crippen molar-refractivity contribution in [3.05, 3.63) is 0 Å². The van der Waals surface area contributed by atoms with Crippen molar-refractivity contribution in [2.24, 2.45) is 10.9 Å². The van der Waals surface area contributed by atoms with Crippen molar-refractivity contribution in [2.45, 2.75) is 56.7 Å². The van der Waals surface area contributed by atoms with Crippen LogP contribution in [-0.4, -0.2) is 67.0 Å². The Bertz CT molecular complexity index is 568. The predicted molar refractivity (Wildman–Crippen MR) is 103 cm³/mol. The van der Waals surface area contributed by atoms with E-state index in [1.807, 2.05) is 11.8 Å². The maximum atomic E-state index is 11.7. The number of thioether (sulfide) groups is 1. The molecule has 1 N–H and O–H groups in total. The Labute approximate surface area is 151 Å². The van der Waals surface area contributed by atoms with Crippen molar-refractivity contribution in [1.29, 1.82) is 0 Å². The summed E-state index contributed by atoms with van der Waals surface area (Å²) in [7, 11) is -2.82. The monoisotopic (exact) mass is 373 g/mol. The van der Waals surface area contributed by atoms with Crippen molar-refractivity contribution in [3.63, 3.8) is 0 Å². The van der Waals surface area contributed by atoms with Gasteiger partial charge in [-0.1, -0.05) is 12.8 Å². The van der Waals surface area contributed by atoms with Crippen molar-refractivity contribution < 1.29 is 8.42 Å². The van der Waals surface area contributed by atoms with Crippen LogP contribution < -0.4 is 5.32 Å². The highest BCUT2D eigenvalue weighted by molar-refractivity contribution is 8.00. The van der Waals surface area contributed by atoms with Crippen LogP contribution in [0.25, 0.3) is 0 Å². The molecule has 0 spiro atoms. The Hall–Kier alpha value is -0.430. The first-order valence-corrected chi connectivity index (χ1v) is 12.0. The predicted octanol–water partition coefficient (Wildman–Crippen LogP) is 2.14. The molecule has 0 aromatic carbocycles. The fraction of sp³-hybridized carbons (Fsp3) is 0.941. The van der Waals surface area contributed by atoms with Gasteiger partial charge in [0.2, 0.25) is 0 Å². The highest BCUT2D eigenvalue weighted by Gasteiger charge is 2.31. The highest BCUT2D eigenvalue weighted by atomic mass is 32.2. The molecular formula is C17H31N3O2S2. The first-order valence-electron chi connectivity index (χ1n) is 9.23. The summed E-state index contributed by atoms with van der Waals surface area (Å²) in [5, 5.41) is 3.69. The smallest absolute Gasteiger partial charge is 0.194 e. The molecule has 138 valence electrons. The molecule has 3 fully saturated rings. The summed E-state index contributed by atoms with van der Waals surface area (Å²) in [5.74, 6) is 2.98. The fourth-order valence-electron chi connectivity index (χ4n) is 3.92. The van der Waals surface area contributed by atoms with Crippen LogP contribution in [0.3, 0.4) is 0 Å². The first-order chi connectivity index (χ1) is 11.3. The van der Waals surface area contributed by atoms with Gasteiger partial charge in [0.15, 0.2) is 15.8 Å². The van der Waals surface area contributed by atoms with E-state index in [-0.39, 0.29) is 10.7 Å². The minimum Gasteiger partial charge on any atom is -0.354 e. The third-order valence-electron chi connectivity index (χ3n) is 5.24. The third-order valence-corrected chi connectivity index (χ3v) is 8.37. The quantitative estimate of drug-likeness (QED) is 0.607. The second-order valence-electron chi connectivity index (χ2n) is 8.09. The summed E-state index contributed by atoms with van der Waals surface area (Å²) >= 11 is 2.02. The molecule has 1 atom stereocenters. The molecule has 1 saturated carbocycles. The molecular weight excluding hydrogens is 342 g/mol. The largest absolute Gasteiger partial charge is 0.354 e. The van der Waals surface area contributed by atoms with E-state index >= 15 is 0 Å². The topological polar surface area (TPSA) is 61.8 Å². The Balaban J connectivity index is 1.67. The van der Waals surface area contributed by atoms with Crippen LogP contribution in [0, 0.1) is 5.92 Å². The van der Waals surface area contributed by atoms with Gasteiger partial charge < -0.3 is 10.2 Å². The summed E-state index contributed by atoms with van der Waals surface area (Å²) in [4.78, 5) is 7.27. The molecule has 1 aliphatic carbocycles. The van der Waals surface area contributed by atoms with E-state index in [9.17, 15) is 8.42 Å². The molecule has 0 bridgehead atoms. The Morgan fingerprint density at radius 3 is 2.67 bits per heavy atom. The number of aliphatic imine (C=N–C) groups is 1. The maximum absolute atomic E-state index is 11.7. The summed E-state index contributed by atoms with van der Waals surface area (Å²) in [5.41, 5.74) is 0. The molecule has 3 rings (SSSR count). The molecule has 7 heteroatoms. The van der Waals surface area contributed by atoms with E-state index < -0.39 is 9.84 Å². The molecule has 0 aromatic heterocycles. The SMILES string of the molecule is CC1(C)CN(C(=NCC2CCS(=O)(=O)C2)NC2CCCC2)CCS1. The van der Waals surface area contributed by atoms with Crippen LogP contribution in [0.4, 0.5) is 0 Å². The van der Waals surface area contributed by atoms with Crippen LogP contribution in [0.15, 0.2) is 4.99 Å². The normalized spacial score (nSPS) is 30.7. The Morgan fingerprint density at radius 2 is 2.04 bits per heavy atom. The van der Waals surface area contributed by atoms with Crippen LogP contribution in [-0.2, 0) is 9.84 Å². The van der Waals surface area contributed by atoms with Gasteiger partial charge >= 0.3 is 0 Å². The van der Waals surface area contributed by atoms with Crippen LogP contribution in [0.5, 0.6) is 0 Å². The molecule has 2 saturated heterocycles. The minimum absolute atomic E-state index is 0.197. The van der Waals surface area contributed by atoms with Crippen LogP contribution in [0.2, 0.25) is 0 Å². The van der Waals surface area contributed by atoms with Gasteiger partial charge in [-0.3, -0.25) is 4.99 Å². The van der Waals surface area contributed by atoms with Crippen LogP contribution in [0.1, 0.15) is 46.0 Å². The third kappa shape index (κ3) is 5.04. The molecule has 5 nitrogen and oxygen atoms in total. The number of nitrogens with one attached hydrogen (secondary N) is 1. The summed E-state index contributed by atoms with van der Waals surface area (Å²) in [6.45, 7) is 7.24. The van der Waals surface area contributed by atoms with Crippen molar-refractivity contribution >= 4 is 27.6 Å². The van der Waals surface area contributed by atoms with Gasteiger partial charge in [0.05, 0.1) is 11.5 Å². The van der Waals surface area contributed by atoms with Gasteiger partial charge in [-0.05, 0) is 39.0 Å². The molecule has 3 aliphatic rings. The van der Waals surface area contributed by atoms with E-state index in [0.717, 1.165) is 31.2 Å². The number of guanidine groups is 1. The zero-order valence-electron chi connectivity index (χ0n) is 15.0. The van der Waals surface area contributed by atoms with Gasteiger partial charge in [0, 0.05) is 36.2 Å². The summed E-state index contributed by atoms with van der Waals surface area (Å²) < 4.78 is 23.6. The molecule has 0 amide bonds. The van der Waals surface area contributed by atoms with Crippen LogP contribution >= 0.6 is 11.8 Å². The summed E-state index contributed by atoms with van der Waals surface area (Å²) in [6.07, 6.45) is 5.82. The van der Waals surface area contributed by atoms with Crippen molar-refractivity contribution in [2.75, 3.05) is 36.9 Å².